The van der Waals surface area contributed by atoms with Crippen LogP contribution in [-0.2, 0) is 11.3 Å². The highest BCUT2D eigenvalue weighted by Gasteiger charge is 2.18. The van der Waals surface area contributed by atoms with Crippen molar-refractivity contribution in [1.82, 2.24) is 20.1 Å². The minimum absolute atomic E-state index is 0.0867. The van der Waals surface area contributed by atoms with Crippen molar-refractivity contribution in [2.24, 2.45) is 0 Å². The van der Waals surface area contributed by atoms with E-state index in [1.165, 1.54) is 0 Å². The molecule has 0 unspecified atom stereocenters. The van der Waals surface area contributed by atoms with Crippen molar-refractivity contribution in [3.63, 3.8) is 0 Å². The lowest BCUT2D eigenvalue weighted by atomic mass is 10.1. The summed E-state index contributed by atoms with van der Waals surface area (Å²) in [5.74, 6) is 0.0221. The zero-order valence-corrected chi connectivity index (χ0v) is 18.6. The number of aromatic nitrogens is 3. The summed E-state index contributed by atoms with van der Waals surface area (Å²) >= 11 is 1.57. The number of nitrogens with zero attached hydrogens (tertiary/aromatic N) is 3. The quantitative estimate of drug-likeness (QED) is 0.424. The molecule has 0 bridgehead atoms. The molecule has 4 aromatic rings. The van der Waals surface area contributed by atoms with Gasteiger partial charge in [0.2, 0.25) is 0 Å². The highest BCUT2D eigenvalue weighted by Crippen LogP contribution is 2.28. The Kier molecular flexibility index (Phi) is 6.46. The van der Waals surface area contributed by atoms with Gasteiger partial charge in [0.15, 0.2) is 12.3 Å². The molecule has 0 saturated heterocycles. The van der Waals surface area contributed by atoms with E-state index < -0.39 is 0 Å². The van der Waals surface area contributed by atoms with Crippen molar-refractivity contribution in [1.29, 1.82) is 0 Å². The Balaban J connectivity index is 1.61. The molecule has 32 heavy (non-hydrogen) atoms. The molecule has 8 nitrogen and oxygen atoms in total. The van der Waals surface area contributed by atoms with Crippen LogP contribution in [0.2, 0.25) is 0 Å². The number of likely N-dealkylation sites (N-methyl/N-ethyl adjacent to an activating group) is 1. The van der Waals surface area contributed by atoms with Crippen LogP contribution in [0.5, 0.6) is 5.75 Å². The largest absolute Gasteiger partial charge is 0.484 e. The van der Waals surface area contributed by atoms with E-state index in [1.54, 1.807) is 52.5 Å². The molecule has 2 amide bonds. The Morgan fingerprint density at radius 1 is 1.16 bits per heavy atom. The molecule has 4 rings (SSSR count). The van der Waals surface area contributed by atoms with Gasteiger partial charge in [-0.1, -0.05) is 12.1 Å². The van der Waals surface area contributed by atoms with E-state index in [2.05, 4.69) is 15.7 Å². The number of anilines is 1. The second-order valence-corrected chi connectivity index (χ2v) is 7.90. The van der Waals surface area contributed by atoms with Crippen molar-refractivity contribution in [2.45, 2.75) is 20.4 Å². The molecule has 0 aliphatic rings. The number of thiophene rings is 1. The minimum atomic E-state index is -0.272. The van der Waals surface area contributed by atoms with Gasteiger partial charge in [-0.2, -0.15) is 5.10 Å². The van der Waals surface area contributed by atoms with Crippen molar-refractivity contribution in [3.8, 4) is 16.3 Å². The van der Waals surface area contributed by atoms with Crippen molar-refractivity contribution in [3.05, 3.63) is 59.6 Å². The maximum atomic E-state index is 13.2. The average Bonchev–Trinajstić information content (AvgIpc) is 3.47. The summed E-state index contributed by atoms with van der Waals surface area (Å²) in [5, 5.41) is 12.6. The Bertz CT molecular complexity index is 1250. The summed E-state index contributed by atoms with van der Waals surface area (Å²) in [6, 6.07) is 12.7. The summed E-state index contributed by atoms with van der Waals surface area (Å²) in [5.41, 5.74) is 2.45. The van der Waals surface area contributed by atoms with Crippen LogP contribution in [0, 0.1) is 0 Å². The van der Waals surface area contributed by atoms with Crippen LogP contribution in [0.25, 0.3) is 21.6 Å². The van der Waals surface area contributed by atoms with Gasteiger partial charge in [0.05, 0.1) is 27.7 Å². The van der Waals surface area contributed by atoms with Crippen LogP contribution >= 0.6 is 11.3 Å². The zero-order chi connectivity index (χ0) is 22.5. The van der Waals surface area contributed by atoms with E-state index in [4.69, 9.17) is 9.72 Å². The normalized spacial score (nSPS) is 10.8. The summed E-state index contributed by atoms with van der Waals surface area (Å²) in [6.45, 7) is 4.93. The number of nitrogens with one attached hydrogen (secondary N) is 2. The fourth-order valence-electron chi connectivity index (χ4n) is 3.28. The monoisotopic (exact) mass is 449 g/mol. The van der Waals surface area contributed by atoms with Crippen molar-refractivity contribution >= 4 is 39.9 Å². The molecule has 0 aliphatic carbocycles. The molecular formula is C23H23N5O3S. The number of benzene rings is 1. The first-order valence-corrected chi connectivity index (χ1v) is 11.2. The standard InChI is InChI=1S/C23H23N5O3S/c1-3-24-21(29)14-31-16-8-5-7-15(11-16)26-23(30)17-12-19(20-9-6-10-32-20)27-22-18(17)13-25-28(22)4-2/h5-13H,3-4,14H2,1-2H3,(H,24,29)(H,26,30). The lowest BCUT2D eigenvalue weighted by Gasteiger charge is -2.11. The highest BCUT2D eigenvalue weighted by atomic mass is 32.1. The number of carbonyl (C=O) groups excluding carboxylic acids is 2. The minimum Gasteiger partial charge on any atom is -0.484 e. The molecule has 3 heterocycles. The maximum absolute atomic E-state index is 13.2. The summed E-state index contributed by atoms with van der Waals surface area (Å²) in [4.78, 5) is 30.6. The van der Waals surface area contributed by atoms with E-state index in [9.17, 15) is 9.59 Å². The molecule has 0 atom stereocenters. The van der Waals surface area contributed by atoms with Crippen LogP contribution < -0.4 is 15.4 Å². The molecule has 9 heteroatoms. The van der Waals surface area contributed by atoms with Gasteiger partial charge in [-0.3, -0.25) is 9.59 Å². The van der Waals surface area contributed by atoms with Crippen LogP contribution in [0.4, 0.5) is 5.69 Å². The Morgan fingerprint density at radius 3 is 2.78 bits per heavy atom. The van der Waals surface area contributed by atoms with Gasteiger partial charge in [-0.25, -0.2) is 9.67 Å². The number of carbonyl (C=O) groups is 2. The number of hydrogen-bond acceptors (Lipinski definition) is 6. The van der Waals surface area contributed by atoms with E-state index in [0.29, 0.717) is 41.1 Å². The number of pyridine rings is 1. The third-order valence-electron chi connectivity index (χ3n) is 4.76. The lowest BCUT2D eigenvalue weighted by molar-refractivity contribution is -0.122. The summed E-state index contributed by atoms with van der Waals surface area (Å²) in [7, 11) is 0. The van der Waals surface area contributed by atoms with E-state index in [0.717, 1.165) is 10.6 Å². The van der Waals surface area contributed by atoms with E-state index >= 15 is 0 Å². The first-order valence-electron chi connectivity index (χ1n) is 10.3. The summed E-state index contributed by atoms with van der Waals surface area (Å²) in [6.07, 6.45) is 1.67. The third-order valence-corrected chi connectivity index (χ3v) is 5.66. The van der Waals surface area contributed by atoms with Crippen LogP contribution in [0.1, 0.15) is 24.2 Å². The zero-order valence-electron chi connectivity index (χ0n) is 17.8. The first kappa shape index (κ1) is 21.5. The molecule has 2 N–H and O–H groups in total. The van der Waals surface area contributed by atoms with Gasteiger partial charge < -0.3 is 15.4 Å². The van der Waals surface area contributed by atoms with Gasteiger partial charge in [0.25, 0.3) is 11.8 Å². The smallest absolute Gasteiger partial charge is 0.257 e. The van der Waals surface area contributed by atoms with E-state index in [1.807, 2.05) is 31.4 Å². The molecule has 1 aromatic carbocycles. The van der Waals surface area contributed by atoms with Gasteiger partial charge in [-0.15, -0.1) is 11.3 Å². The second-order valence-electron chi connectivity index (χ2n) is 6.95. The number of ether oxygens (including phenoxy) is 1. The highest BCUT2D eigenvalue weighted by molar-refractivity contribution is 7.13. The maximum Gasteiger partial charge on any atom is 0.257 e. The third kappa shape index (κ3) is 4.62. The number of fused-ring (bicyclic) bond motifs is 1. The van der Waals surface area contributed by atoms with Crippen molar-refractivity contribution < 1.29 is 14.3 Å². The number of amides is 2. The molecule has 0 radical (unpaired) electrons. The predicted octanol–water partition coefficient (Wildman–Crippen LogP) is 3.95. The topological polar surface area (TPSA) is 98.1 Å². The van der Waals surface area contributed by atoms with Crippen molar-refractivity contribution in [2.75, 3.05) is 18.5 Å². The summed E-state index contributed by atoms with van der Waals surface area (Å²) < 4.78 is 7.30. The van der Waals surface area contributed by atoms with Gasteiger partial charge in [-0.05, 0) is 43.5 Å². The SMILES string of the molecule is CCNC(=O)COc1cccc(NC(=O)c2cc(-c3cccs3)nc3c2cnn3CC)c1. The average molecular weight is 450 g/mol. The molecule has 164 valence electrons. The Hall–Kier alpha value is -3.72. The second kappa shape index (κ2) is 9.61. The molecule has 0 spiro atoms. The number of aryl methyl sites for hydroxylation is 1. The fraction of sp³-hybridized carbons (Fsp3) is 0.217. The predicted molar refractivity (Wildman–Crippen MR) is 125 cm³/mol. The Morgan fingerprint density at radius 2 is 2.03 bits per heavy atom. The van der Waals surface area contributed by atoms with Crippen LogP contribution in [0.3, 0.4) is 0 Å². The van der Waals surface area contributed by atoms with Gasteiger partial charge in [0.1, 0.15) is 5.75 Å². The molecule has 0 fully saturated rings. The van der Waals surface area contributed by atoms with Crippen LogP contribution in [0.15, 0.2) is 54.0 Å². The molecule has 3 aromatic heterocycles. The lowest BCUT2D eigenvalue weighted by Crippen LogP contribution is -2.28. The first-order chi connectivity index (χ1) is 15.6. The van der Waals surface area contributed by atoms with Gasteiger partial charge >= 0.3 is 0 Å². The number of rotatable bonds is 8. The molecule has 0 saturated carbocycles. The number of hydrogen-bond donors (Lipinski definition) is 2. The molecule has 0 aliphatic heterocycles. The van der Waals surface area contributed by atoms with Gasteiger partial charge in [0, 0.05) is 24.8 Å². The fourth-order valence-corrected chi connectivity index (χ4v) is 3.96. The van der Waals surface area contributed by atoms with E-state index in [-0.39, 0.29) is 18.4 Å². The Labute approximate surface area is 189 Å². The molecular weight excluding hydrogens is 426 g/mol. The van der Waals surface area contributed by atoms with Crippen LogP contribution in [-0.4, -0.2) is 39.7 Å².